The monoisotopic (exact) mass is 536 g/mol. The van der Waals surface area contributed by atoms with E-state index in [2.05, 4.69) is 95.7 Å². The Bertz CT molecular complexity index is 1380. The first-order chi connectivity index (χ1) is 19.3. The van der Waals surface area contributed by atoms with Crippen LogP contribution in [-0.2, 0) is 22.7 Å². The minimum Gasteiger partial charge on any atom is -0.322 e. The number of nitrogens with zero attached hydrogens (tertiary/aromatic N) is 3. The van der Waals surface area contributed by atoms with Crippen molar-refractivity contribution in [2.75, 3.05) is 19.6 Å². The third-order valence-corrected chi connectivity index (χ3v) is 8.58. The minimum atomic E-state index is -0.586. The molecule has 1 N–H and O–H groups in total. The molecular weight excluding hydrogens is 500 g/mol. The third-order valence-electron chi connectivity index (χ3n) is 8.58. The van der Waals surface area contributed by atoms with Crippen LogP contribution in [-0.4, -0.2) is 63.6 Å². The van der Waals surface area contributed by atoms with Gasteiger partial charge >= 0.3 is 0 Å². The number of imide groups is 1. The zero-order valence-corrected chi connectivity index (χ0v) is 23.2. The van der Waals surface area contributed by atoms with Crippen molar-refractivity contribution in [2.45, 2.75) is 57.4 Å². The van der Waals surface area contributed by atoms with E-state index in [9.17, 15) is 14.4 Å². The summed E-state index contributed by atoms with van der Waals surface area (Å²) in [6, 6.07) is 27.2. The molecule has 0 bridgehead atoms. The fourth-order valence-electron chi connectivity index (χ4n) is 6.69. The topological polar surface area (TPSA) is 73.0 Å². The van der Waals surface area contributed by atoms with Crippen LogP contribution >= 0.6 is 0 Å². The van der Waals surface area contributed by atoms with Crippen molar-refractivity contribution in [2.24, 2.45) is 0 Å². The second-order valence-corrected chi connectivity index (χ2v) is 11.8. The van der Waals surface area contributed by atoms with Gasteiger partial charge in [-0.05, 0) is 48.6 Å². The van der Waals surface area contributed by atoms with E-state index in [1.807, 2.05) is 12.1 Å². The second kappa shape index (κ2) is 10.6. The molecule has 1 unspecified atom stereocenters. The highest BCUT2D eigenvalue weighted by molar-refractivity contribution is 6.05. The van der Waals surface area contributed by atoms with E-state index >= 15 is 0 Å². The molecule has 3 aromatic rings. The molecule has 0 aromatic heterocycles. The molecule has 0 aliphatic carbocycles. The van der Waals surface area contributed by atoms with Crippen LogP contribution in [0.15, 0.2) is 78.9 Å². The van der Waals surface area contributed by atoms with Crippen molar-refractivity contribution >= 4 is 17.7 Å². The Morgan fingerprint density at radius 3 is 2.20 bits per heavy atom. The average Bonchev–Trinajstić information content (AvgIpc) is 3.26. The van der Waals surface area contributed by atoms with Crippen LogP contribution in [0.5, 0.6) is 0 Å². The molecule has 0 saturated carbocycles. The largest absolute Gasteiger partial charge is 0.322 e. The van der Waals surface area contributed by atoms with E-state index in [0.29, 0.717) is 18.5 Å². The Morgan fingerprint density at radius 1 is 0.900 bits per heavy atom. The summed E-state index contributed by atoms with van der Waals surface area (Å²) in [6.07, 6.45) is 0.641. The van der Waals surface area contributed by atoms with Gasteiger partial charge in [0, 0.05) is 50.2 Å². The van der Waals surface area contributed by atoms with Gasteiger partial charge < -0.3 is 4.90 Å². The zero-order valence-electron chi connectivity index (χ0n) is 23.2. The molecule has 40 heavy (non-hydrogen) atoms. The van der Waals surface area contributed by atoms with Crippen molar-refractivity contribution in [1.29, 1.82) is 0 Å². The van der Waals surface area contributed by atoms with Crippen molar-refractivity contribution in [3.63, 3.8) is 0 Å². The van der Waals surface area contributed by atoms with Crippen LogP contribution in [0.25, 0.3) is 0 Å². The highest BCUT2D eigenvalue weighted by Crippen LogP contribution is 2.37. The number of amides is 3. The van der Waals surface area contributed by atoms with Crippen molar-refractivity contribution in [3.05, 3.63) is 107 Å². The summed E-state index contributed by atoms with van der Waals surface area (Å²) in [5.74, 6) is -0.768. The van der Waals surface area contributed by atoms with Crippen molar-refractivity contribution < 1.29 is 14.4 Å². The van der Waals surface area contributed by atoms with Gasteiger partial charge in [-0.15, -0.1) is 0 Å². The summed E-state index contributed by atoms with van der Waals surface area (Å²) in [5.41, 5.74) is 5.33. The van der Waals surface area contributed by atoms with Crippen LogP contribution in [0.2, 0.25) is 0 Å². The number of carbonyl (C=O) groups is 3. The molecule has 3 amide bonds. The Morgan fingerprint density at radius 2 is 1.57 bits per heavy atom. The maximum absolute atomic E-state index is 13.1. The number of carbonyl (C=O) groups excluding carboxylic acids is 3. The smallest absolute Gasteiger partial charge is 0.255 e. The molecular formula is C33H36N4O3. The van der Waals surface area contributed by atoms with Gasteiger partial charge in [0.1, 0.15) is 6.04 Å². The highest BCUT2D eigenvalue weighted by atomic mass is 16.2. The summed E-state index contributed by atoms with van der Waals surface area (Å²) in [6.45, 7) is 8.67. The van der Waals surface area contributed by atoms with Gasteiger partial charge in [-0.3, -0.25) is 29.5 Å². The summed E-state index contributed by atoms with van der Waals surface area (Å²) in [7, 11) is 0. The van der Waals surface area contributed by atoms with Crippen LogP contribution in [0.1, 0.15) is 65.3 Å². The first-order valence-electron chi connectivity index (χ1n) is 14.2. The van der Waals surface area contributed by atoms with Gasteiger partial charge in [0.05, 0.1) is 6.04 Å². The fourth-order valence-corrected chi connectivity index (χ4v) is 6.69. The Balaban J connectivity index is 1.17. The maximum atomic E-state index is 13.1. The molecule has 0 radical (unpaired) electrons. The number of nitrogens with one attached hydrogen (secondary N) is 1. The minimum absolute atomic E-state index is 0.0656. The highest BCUT2D eigenvalue weighted by Gasteiger charge is 2.40. The molecule has 7 nitrogen and oxygen atoms in total. The number of hydrogen-bond donors (Lipinski definition) is 1. The molecule has 3 aliphatic heterocycles. The van der Waals surface area contributed by atoms with E-state index < -0.39 is 6.04 Å². The first kappa shape index (κ1) is 26.4. The molecule has 6 rings (SSSR count). The maximum Gasteiger partial charge on any atom is 0.255 e. The van der Waals surface area contributed by atoms with E-state index in [4.69, 9.17) is 0 Å². The lowest BCUT2D eigenvalue weighted by Crippen LogP contribution is -2.59. The van der Waals surface area contributed by atoms with Gasteiger partial charge in [-0.1, -0.05) is 72.8 Å². The SMILES string of the molecule is CC1(C)CN(Cc2ccc3c(c2)CN(C2CCC(=O)NC2=O)C3=O)CCN1C(c1ccccc1)c1ccccc1. The van der Waals surface area contributed by atoms with Crippen LogP contribution in [0.4, 0.5) is 0 Å². The van der Waals surface area contributed by atoms with Gasteiger partial charge in [0.15, 0.2) is 0 Å². The third kappa shape index (κ3) is 5.07. The zero-order chi connectivity index (χ0) is 27.9. The second-order valence-electron chi connectivity index (χ2n) is 11.8. The van der Waals surface area contributed by atoms with Crippen LogP contribution < -0.4 is 5.32 Å². The van der Waals surface area contributed by atoms with Gasteiger partial charge in [-0.2, -0.15) is 0 Å². The predicted molar refractivity (Wildman–Crippen MR) is 153 cm³/mol. The number of hydrogen-bond acceptors (Lipinski definition) is 5. The van der Waals surface area contributed by atoms with Crippen LogP contribution in [0.3, 0.4) is 0 Å². The standard InChI is InChI=1S/C33H36N4O3/c1-33(2)22-35(17-18-37(33)30(24-9-5-3-6-10-24)25-11-7-4-8-12-25)20-23-13-14-27-26(19-23)21-36(32(27)40)28-15-16-29(38)34-31(28)39/h3-14,19,28,30H,15-18,20-22H2,1-2H3,(H,34,38,39). The molecule has 3 aliphatic rings. The van der Waals surface area contributed by atoms with E-state index in [1.165, 1.54) is 16.7 Å². The van der Waals surface area contributed by atoms with Crippen LogP contribution in [0, 0.1) is 0 Å². The summed E-state index contributed by atoms with van der Waals surface area (Å²) in [4.78, 5) is 43.8. The summed E-state index contributed by atoms with van der Waals surface area (Å²) in [5, 5.41) is 2.38. The van der Waals surface area contributed by atoms with Gasteiger partial charge in [-0.25, -0.2) is 0 Å². The molecule has 3 aromatic carbocycles. The van der Waals surface area contributed by atoms with Crippen molar-refractivity contribution in [3.8, 4) is 0 Å². The quantitative estimate of drug-likeness (QED) is 0.480. The van der Waals surface area contributed by atoms with Gasteiger partial charge in [0.2, 0.25) is 11.8 Å². The molecule has 2 saturated heterocycles. The molecule has 2 fully saturated rings. The van der Waals surface area contributed by atoms with E-state index in [0.717, 1.165) is 31.7 Å². The number of rotatable bonds is 6. The fraction of sp³-hybridized carbons (Fsp3) is 0.364. The summed E-state index contributed by atoms with van der Waals surface area (Å²) >= 11 is 0. The predicted octanol–water partition coefficient (Wildman–Crippen LogP) is 4.13. The number of piperidine rings is 1. The Labute approximate surface area is 235 Å². The lowest BCUT2D eigenvalue weighted by atomic mass is 9.89. The Kier molecular flexibility index (Phi) is 7.02. The lowest BCUT2D eigenvalue weighted by molar-refractivity contribution is -0.136. The number of piperazine rings is 1. The molecule has 7 heteroatoms. The number of benzene rings is 3. The van der Waals surface area contributed by atoms with E-state index in [1.54, 1.807) is 4.90 Å². The lowest BCUT2D eigenvalue weighted by Gasteiger charge is -2.51. The molecule has 0 spiro atoms. The van der Waals surface area contributed by atoms with E-state index in [-0.39, 0.29) is 35.7 Å². The molecule has 1 atom stereocenters. The van der Waals surface area contributed by atoms with Crippen molar-refractivity contribution in [1.82, 2.24) is 20.0 Å². The average molecular weight is 537 g/mol. The Hall–Kier alpha value is -3.81. The molecule has 3 heterocycles. The molecule has 206 valence electrons. The normalized spacial score (nSPS) is 21.5. The first-order valence-corrected chi connectivity index (χ1v) is 14.2. The summed E-state index contributed by atoms with van der Waals surface area (Å²) < 4.78 is 0. The number of fused-ring (bicyclic) bond motifs is 1. The van der Waals surface area contributed by atoms with Gasteiger partial charge in [0.25, 0.3) is 5.91 Å².